The summed E-state index contributed by atoms with van der Waals surface area (Å²) in [4.78, 5) is 35.2. The molecule has 2 N–H and O–H groups in total. The Morgan fingerprint density at radius 1 is 1.02 bits per heavy atom. The van der Waals surface area contributed by atoms with Crippen LogP contribution in [0.3, 0.4) is 0 Å². The Kier molecular flexibility index (Phi) is 15.2. The van der Waals surface area contributed by atoms with Gasteiger partial charge in [0.25, 0.3) is 0 Å². The number of pyridine rings is 1. The number of rotatable bonds is 14. The van der Waals surface area contributed by atoms with Gasteiger partial charge in [-0.2, -0.15) is 18.3 Å². The van der Waals surface area contributed by atoms with Crippen LogP contribution in [0.1, 0.15) is 35.2 Å². The van der Waals surface area contributed by atoms with Crippen LogP contribution in [-0.4, -0.2) is 145 Å². The molecule has 0 spiro atoms. The molecule has 2 atom stereocenters. The second-order valence-electron chi connectivity index (χ2n) is 14.4. The van der Waals surface area contributed by atoms with Gasteiger partial charge in [-0.05, 0) is 49.7 Å². The molecule has 1 fully saturated rings. The van der Waals surface area contributed by atoms with Gasteiger partial charge in [0, 0.05) is 117 Å². The molecule has 2 aliphatic heterocycles. The Morgan fingerprint density at radius 2 is 1.69 bits per heavy atom. The van der Waals surface area contributed by atoms with Gasteiger partial charge < -0.3 is 34.9 Å². The molecule has 55 heavy (non-hydrogen) atoms. The number of benzene rings is 1. The van der Waals surface area contributed by atoms with Crippen molar-refractivity contribution in [3.63, 3.8) is 0 Å². The number of piperidine rings is 1. The molecule has 1 saturated heterocycles. The van der Waals surface area contributed by atoms with Gasteiger partial charge in [-0.1, -0.05) is 6.07 Å². The molecule has 3 aromatic rings. The number of likely N-dealkylation sites (tertiary alicyclic amines) is 1. The number of aliphatic hydroxyl groups excluding tert-OH is 1. The number of aliphatic hydroxyl groups is 1. The molecule has 2 aromatic heterocycles. The van der Waals surface area contributed by atoms with Gasteiger partial charge in [-0.15, -0.1) is 0 Å². The summed E-state index contributed by atoms with van der Waals surface area (Å²) in [5.74, 6) is 1.53. The van der Waals surface area contributed by atoms with Gasteiger partial charge in [-0.3, -0.25) is 14.3 Å². The zero-order valence-corrected chi connectivity index (χ0v) is 33.8. The van der Waals surface area contributed by atoms with Gasteiger partial charge in [0.15, 0.2) is 5.82 Å². The molecule has 14 nitrogen and oxygen atoms in total. The number of carbonyl (C=O) groups excluding carboxylic acids is 2. The summed E-state index contributed by atoms with van der Waals surface area (Å²) >= 11 is 0. The number of nitrogens with zero attached hydrogens (tertiary/aromatic N) is 9. The number of carbonyl (C=O) groups is 2. The van der Waals surface area contributed by atoms with Crippen LogP contribution in [0.15, 0.2) is 30.3 Å². The Bertz CT molecular complexity index is 1780. The summed E-state index contributed by atoms with van der Waals surface area (Å²) in [6, 6.07) is 8.06. The van der Waals surface area contributed by atoms with Crippen LogP contribution in [0.2, 0.25) is 0 Å². The smallest absolute Gasteiger partial charge is 0.390 e. The number of β-amino-alcohol motifs (C(OH)–C–C–N with tert-alkyl or cyclic N) is 1. The number of anilines is 3. The number of halogens is 3. The average Bonchev–Trinajstić information content (AvgIpc) is 3.51. The fourth-order valence-electron chi connectivity index (χ4n) is 6.91. The molecule has 5 rings (SSSR count). The molecule has 0 radical (unpaired) electrons. The molecular weight excluding hydrogens is 738 g/mol. The highest BCUT2D eigenvalue weighted by molar-refractivity contribution is 7.81. The normalized spacial score (nSPS) is 16.4. The summed E-state index contributed by atoms with van der Waals surface area (Å²) < 4.78 is 57.3. The van der Waals surface area contributed by atoms with Gasteiger partial charge in [-0.25, -0.2) is 13.5 Å². The molecular formula is C37H55F3N10O4S. The fourth-order valence-corrected chi connectivity index (χ4v) is 7.57. The third-order valence-electron chi connectivity index (χ3n) is 9.85. The first-order valence-corrected chi connectivity index (χ1v) is 19.6. The zero-order chi connectivity index (χ0) is 40.6. The van der Waals surface area contributed by atoms with Gasteiger partial charge in [0.1, 0.15) is 5.82 Å². The minimum Gasteiger partial charge on any atom is -0.390 e. The maximum Gasteiger partial charge on any atom is 0.416 e. The number of fused-ring (bicyclic) bond motifs is 1. The lowest BCUT2D eigenvalue weighted by Crippen LogP contribution is -2.46. The number of aromatic nitrogens is 3. The highest BCUT2D eigenvalue weighted by atomic mass is 32.2. The van der Waals surface area contributed by atoms with Gasteiger partial charge >= 0.3 is 6.18 Å². The van der Waals surface area contributed by atoms with Crippen molar-refractivity contribution < 1.29 is 32.1 Å². The number of nitrogens with one attached hydrogen (secondary N) is 1. The van der Waals surface area contributed by atoms with E-state index >= 15 is 0 Å². The van der Waals surface area contributed by atoms with E-state index in [1.807, 2.05) is 42.5 Å². The van der Waals surface area contributed by atoms with E-state index in [0.29, 0.717) is 37.3 Å². The topological polar surface area (TPSA) is 134 Å². The standard InChI is InChI=1S/C34H48F3N9O3S.C3H7NO/c1-38-18-24-17-23(7-8-28(24)34(35,36)37)32-27-21-45(50(6)49)16-13-29(27)46(40-32)20-26(48)19-44-14-11-25(12-15-44)43(5)33-30(42(4)22-47)9-10-31(39-33)41(2)3;1-4(2)3-5/h7-10,17,22,25-26,38,48H,11-16,18-21H2,1-6H3;3H,1-2H3. The molecule has 4 heterocycles. The van der Waals surface area contributed by atoms with Crippen LogP contribution in [0, 0.1) is 0 Å². The van der Waals surface area contributed by atoms with Crippen molar-refractivity contribution in [1.29, 1.82) is 0 Å². The Hall–Kier alpha value is -4.10. The first-order valence-electron chi connectivity index (χ1n) is 18.1. The third-order valence-corrected chi connectivity index (χ3v) is 10.9. The van der Waals surface area contributed by atoms with Crippen LogP contribution in [0.4, 0.5) is 30.5 Å². The second-order valence-corrected chi connectivity index (χ2v) is 15.7. The van der Waals surface area contributed by atoms with Crippen molar-refractivity contribution in [3.05, 3.63) is 52.7 Å². The molecule has 2 aliphatic rings. The van der Waals surface area contributed by atoms with Crippen LogP contribution in [-0.2, 0) is 52.8 Å². The summed E-state index contributed by atoms with van der Waals surface area (Å²) in [6.45, 7) is 3.13. The van der Waals surface area contributed by atoms with Crippen LogP contribution >= 0.6 is 0 Å². The van der Waals surface area contributed by atoms with Gasteiger partial charge in [0.2, 0.25) is 12.8 Å². The molecule has 1 aromatic carbocycles. The largest absolute Gasteiger partial charge is 0.416 e. The maximum absolute atomic E-state index is 13.8. The van der Waals surface area contributed by atoms with Crippen molar-refractivity contribution in [3.8, 4) is 11.3 Å². The predicted molar refractivity (Wildman–Crippen MR) is 210 cm³/mol. The first-order chi connectivity index (χ1) is 26.0. The van der Waals surface area contributed by atoms with E-state index in [1.165, 1.54) is 21.9 Å². The minimum atomic E-state index is -4.49. The SMILES string of the molecule is CN(C)C=O.CNCc1cc(-c2nn(CC(O)CN3CCC(N(C)c4nc(N(C)C)ccc4N(C)C=O)CC3)c3c2CN(S(C)=O)CC3)ccc1C(F)(F)F. The number of hydrogen-bond acceptors (Lipinski definition) is 10. The number of amides is 2. The van der Waals surface area contributed by atoms with E-state index in [-0.39, 0.29) is 24.7 Å². The van der Waals surface area contributed by atoms with Crippen LogP contribution < -0.4 is 20.0 Å². The summed E-state index contributed by atoms with van der Waals surface area (Å²) in [5.41, 5.74) is 2.98. The van der Waals surface area contributed by atoms with Crippen LogP contribution in [0.25, 0.3) is 11.3 Å². The highest BCUT2D eigenvalue weighted by Gasteiger charge is 2.34. The third kappa shape index (κ3) is 11.0. The van der Waals surface area contributed by atoms with E-state index in [0.717, 1.165) is 73.4 Å². The molecule has 18 heteroatoms. The lowest BCUT2D eigenvalue weighted by atomic mass is 9.97. The molecule has 2 amide bonds. The number of hydrogen-bond donors (Lipinski definition) is 2. The lowest BCUT2D eigenvalue weighted by molar-refractivity contribution is -0.138. The molecule has 0 saturated carbocycles. The molecule has 304 valence electrons. The Labute approximate surface area is 324 Å². The summed E-state index contributed by atoms with van der Waals surface area (Å²) in [5, 5.41) is 19.0. The minimum absolute atomic E-state index is 0.0395. The van der Waals surface area contributed by atoms with Gasteiger partial charge in [0.05, 0.1) is 40.6 Å². The number of alkyl halides is 3. The van der Waals surface area contributed by atoms with Crippen molar-refractivity contribution in [2.75, 3.05) is 96.5 Å². The maximum atomic E-state index is 13.8. The molecule has 0 aliphatic carbocycles. The van der Waals surface area contributed by atoms with Crippen molar-refractivity contribution in [2.45, 2.75) is 57.2 Å². The van der Waals surface area contributed by atoms with Crippen molar-refractivity contribution in [1.82, 2.24) is 34.2 Å². The predicted octanol–water partition coefficient (Wildman–Crippen LogP) is 2.66. The monoisotopic (exact) mass is 792 g/mol. The van der Waals surface area contributed by atoms with E-state index in [1.54, 1.807) is 39.1 Å². The highest BCUT2D eigenvalue weighted by Crippen LogP contribution is 2.37. The lowest BCUT2D eigenvalue weighted by Gasteiger charge is -2.39. The van der Waals surface area contributed by atoms with E-state index in [2.05, 4.69) is 15.1 Å². The summed E-state index contributed by atoms with van der Waals surface area (Å²) in [6.07, 6.45) is 0.156. The van der Waals surface area contributed by atoms with E-state index in [4.69, 9.17) is 10.1 Å². The molecule has 2 unspecified atom stereocenters. The quantitative estimate of drug-likeness (QED) is 0.235. The van der Waals surface area contributed by atoms with Crippen molar-refractivity contribution in [2.24, 2.45) is 0 Å². The van der Waals surface area contributed by atoms with E-state index in [9.17, 15) is 32.1 Å². The fraction of sp³-hybridized carbons (Fsp3) is 0.568. The zero-order valence-electron chi connectivity index (χ0n) is 33.0. The molecule has 0 bridgehead atoms. The van der Waals surface area contributed by atoms with E-state index < -0.39 is 28.8 Å². The van der Waals surface area contributed by atoms with Crippen LogP contribution in [0.5, 0.6) is 0 Å². The second kappa shape index (κ2) is 19.2. The first kappa shape index (κ1) is 43.6. The Balaban J connectivity index is 0.00000126. The average molecular weight is 793 g/mol. The van der Waals surface area contributed by atoms with Crippen molar-refractivity contribution >= 4 is 41.1 Å². The Morgan fingerprint density at radius 3 is 2.25 bits per heavy atom. The summed E-state index contributed by atoms with van der Waals surface area (Å²) in [7, 11) is 11.3.